The summed E-state index contributed by atoms with van der Waals surface area (Å²) in [6, 6.07) is 1.73. The van der Waals surface area contributed by atoms with Gasteiger partial charge < -0.3 is 4.74 Å². The van der Waals surface area contributed by atoms with E-state index in [2.05, 4.69) is 0 Å². The Hall–Kier alpha value is -1.33. The number of aryl methyl sites for hydroxylation is 1. The third kappa shape index (κ3) is 2.68. The molecule has 1 heterocycles. The van der Waals surface area contributed by atoms with E-state index in [0.717, 1.165) is 22.4 Å². The van der Waals surface area contributed by atoms with Gasteiger partial charge in [0.15, 0.2) is 0 Å². The predicted molar refractivity (Wildman–Crippen MR) is 88.9 cm³/mol. The van der Waals surface area contributed by atoms with Crippen molar-refractivity contribution in [2.75, 3.05) is 13.7 Å². The van der Waals surface area contributed by atoms with Gasteiger partial charge in [-0.15, -0.1) is 0 Å². The summed E-state index contributed by atoms with van der Waals surface area (Å²) in [5.74, 6) is 0.974. The number of hydrogen-bond acceptors (Lipinski definition) is 3. The first kappa shape index (κ1) is 17.0. The van der Waals surface area contributed by atoms with Gasteiger partial charge in [0, 0.05) is 12.6 Å². The van der Waals surface area contributed by atoms with Crippen molar-refractivity contribution < 1.29 is 13.2 Å². The van der Waals surface area contributed by atoms with Crippen LogP contribution in [0.25, 0.3) is 0 Å². The minimum Gasteiger partial charge on any atom is -0.496 e. The highest BCUT2D eigenvalue weighted by Crippen LogP contribution is 2.34. The number of benzene rings is 1. The van der Waals surface area contributed by atoms with Crippen LogP contribution < -0.4 is 4.74 Å². The lowest BCUT2D eigenvalue weighted by Crippen LogP contribution is -2.39. The lowest BCUT2D eigenvalue weighted by molar-refractivity contribution is 0.343. The minimum absolute atomic E-state index is 0.0776. The molecule has 1 aromatic carbocycles. The third-order valence-electron chi connectivity index (χ3n) is 4.40. The molecule has 0 spiro atoms. The molecule has 0 saturated heterocycles. The van der Waals surface area contributed by atoms with Crippen LogP contribution in [0.4, 0.5) is 0 Å². The fourth-order valence-corrected chi connectivity index (χ4v) is 5.24. The van der Waals surface area contributed by atoms with E-state index in [-0.39, 0.29) is 12.0 Å². The summed E-state index contributed by atoms with van der Waals surface area (Å²) in [4.78, 5) is 0.417. The van der Waals surface area contributed by atoms with Crippen LogP contribution in [0.3, 0.4) is 0 Å². The van der Waals surface area contributed by atoms with E-state index in [1.807, 2.05) is 52.8 Å². The smallest absolute Gasteiger partial charge is 0.244 e. The average Bonchev–Trinajstić information content (AvgIpc) is 2.93. The summed E-state index contributed by atoms with van der Waals surface area (Å²) in [5, 5.41) is 0. The topological polar surface area (TPSA) is 46.6 Å². The summed E-state index contributed by atoms with van der Waals surface area (Å²) in [7, 11) is -1.92. The monoisotopic (exact) mass is 323 g/mol. The Morgan fingerprint density at radius 1 is 1.23 bits per heavy atom. The van der Waals surface area contributed by atoms with Crippen molar-refractivity contribution in [3.05, 3.63) is 34.9 Å². The number of rotatable bonds is 4. The molecule has 0 aromatic heterocycles. The highest BCUT2D eigenvalue weighted by molar-refractivity contribution is 7.89. The number of nitrogens with zero attached hydrogens (tertiary/aromatic N) is 1. The molecular formula is C17H25NO3S. The van der Waals surface area contributed by atoms with E-state index in [0.29, 0.717) is 11.4 Å². The van der Waals surface area contributed by atoms with Crippen molar-refractivity contribution in [2.45, 2.75) is 45.6 Å². The Labute approximate surface area is 133 Å². The fraction of sp³-hybridized carbons (Fsp3) is 0.529. The first-order valence-electron chi connectivity index (χ1n) is 7.55. The Morgan fingerprint density at radius 2 is 1.86 bits per heavy atom. The van der Waals surface area contributed by atoms with Gasteiger partial charge >= 0.3 is 0 Å². The molecule has 0 N–H and O–H groups in total. The second kappa shape index (κ2) is 6.05. The molecule has 0 saturated carbocycles. The van der Waals surface area contributed by atoms with E-state index < -0.39 is 10.0 Å². The molecule has 0 unspecified atom stereocenters. The van der Waals surface area contributed by atoms with Crippen molar-refractivity contribution in [1.82, 2.24) is 4.31 Å². The maximum absolute atomic E-state index is 13.2. The second-order valence-electron chi connectivity index (χ2n) is 6.21. The highest BCUT2D eigenvalue weighted by atomic mass is 32.2. The van der Waals surface area contributed by atoms with Gasteiger partial charge in [-0.2, -0.15) is 4.31 Å². The molecule has 1 aliphatic rings. The number of sulfonamides is 1. The first-order valence-corrected chi connectivity index (χ1v) is 8.99. The van der Waals surface area contributed by atoms with Gasteiger partial charge in [-0.1, -0.05) is 26.0 Å². The molecular weight excluding hydrogens is 298 g/mol. The minimum atomic E-state index is -3.53. The number of methoxy groups -OCH3 is 1. The van der Waals surface area contributed by atoms with E-state index in [1.165, 1.54) is 0 Å². The lowest BCUT2D eigenvalue weighted by Gasteiger charge is -2.28. The molecule has 0 fully saturated rings. The van der Waals surface area contributed by atoms with Gasteiger partial charge in [-0.25, -0.2) is 8.42 Å². The van der Waals surface area contributed by atoms with Gasteiger partial charge in [0.1, 0.15) is 5.75 Å². The van der Waals surface area contributed by atoms with Crippen LogP contribution in [0.5, 0.6) is 5.75 Å². The molecule has 0 bridgehead atoms. The van der Waals surface area contributed by atoms with Crippen LogP contribution in [0.2, 0.25) is 0 Å². The zero-order chi connectivity index (χ0) is 16.7. The molecule has 4 nitrogen and oxygen atoms in total. The van der Waals surface area contributed by atoms with Gasteiger partial charge in [-0.05, 0) is 49.4 Å². The van der Waals surface area contributed by atoms with Crippen LogP contribution in [0.15, 0.2) is 23.1 Å². The standard InChI is InChI=1S/C17H25NO3S/c1-11(2)15-8-7-9-18(15)22(19,20)17-12(3)10-16(21-6)13(4)14(17)5/h7-8,10-11,15H,9H2,1-6H3/t15-/m1/s1. The lowest BCUT2D eigenvalue weighted by atomic mass is 10.1. The van der Waals surface area contributed by atoms with E-state index in [9.17, 15) is 8.42 Å². The SMILES string of the molecule is COc1cc(C)c(S(=O)(=O)N2CC=C[C@@H]2C(C)C)c(C)c1C. The summed E-state index contributed by atoms with van der Waals surface area (Å²) in [6.07, 6.45) is 3.92. The van der Waals surface area contributed by atoms with Crippen molar-refractivity contribution in [2.24, 2.45) is 5.92 Å². The predicted octanol–water partition coefficient (Wildman–Crippen LogP) is 3.21. The molecule has 122 valence electrons. The van der Waals surface area contributed by atoms with Crippen LogP contribution in [-0.2, 0) is 10.0 Å². The second-order valence-corrected chi connectivity index (χ2v) is 8.04. The van der Waals surface area contributed by atoms with Gasteiger partial charge in [0.2, 0.25) is 10.0 Å². The summed E-state index contributed by atoms with van der Waals surface area (Å²) < 4.78 is 33.3. The van der Waals surface area contributed by atoms with Gasteiger partial charge in [0.25, 0.3) is 0 Å². The molecule has 1 aromatic rings. The van der Waals surface area contributed by atoms with Crippen molar-refractivity contribution >= 4 is 10.0 Å². The van der Waals surface area contributed by atoms with E-state index >= 15 is 0 Å². The van der Waals surface area contributed by atoms with Crippen LogP contribution in [0, 0.1) is 26.7 Å². The molecule has 5 heteroatoms. The Kier molecular flexibility index (Phi) is 4.68. The summed E-state index contributed by atoms with van der Waals surface area (Å²) in [5.41, 5.74) is 2.38. The Bertz CT molecular complexity index is 705. The highest BCUT2D eigenvalue weighted by Gasteiger charge is 2.36. The maximum atomic E-state index is 13.2. The summed E-state index contributed by atoms with van der Waals surface area (Å²) in [6.45, 7) is 10.1. The molecule has 22 heavy (non-hydrogen) atoms. The quantitative estimate of drug-likeness (QED) is 0.799. The average molecular weight is 323 g/mol. The van der Waals surface area contributed by atoms with Gasteiger partial charge in [-0.3, -0.25) is 0 Å². The number of ether oxygens (including phenoxy) is 1. The molecule has 0 radical (unpaired) electrons. The first-order chi connectivity index (χ1) is 10.2. The Morgan fingerprint density at radius 3 is 2.41 bits per heavy atom. The van der Waals surface area contributed by atoms with Crippen LogP contribution in [-0.4, -0.2) is 32.4 Å². The summed E-state index contributed by atoms with van der Waals surface area (Å²) >= 11 is 0. The zero-order valence-electron chi connectivity index (χ0n) is 14.2. The van der Waals surface area contributed by atoms with E-state index in [1.54, 1.807) is 11.4 Å². The van der Waals surface area contributed by atoms with Crippen LogP contribution >= 0.6 is 0 Å². The maximum Gasteiger partial charge on any atom is 0.244 e. The molecule has 2 rings (SSSR count). The largest absolute Gasteiger partial charge is 0.496 e. The zero-order valence-corrected chi connectivity index (χ0v) is 15.0. The van der Waals surface area contributed by atoms with Crippen molar-refractivity contribution in [1.29, 1.82) is 0 Å². The molecule has 1 aliphatic heterocycles. The fourth-order valence-electron chi connectivity index (χ4n) is 3.08. The molecule has 0 amide bonds. The van der Waals surface area contributed by atoms with Crippen molar-refractivity contribution in [3.63, 3.8) is 0 Å². The Balaban J connectivity index is 2.58. The third-order valence-corrected chi connectivity index (χ3v) is 6.55. The molecule has 1 atom stereocenters. The normalized spacial score (nSPS) is 19.1. The van der Waals surface area contributed by atoms with E-state index in [4.69, 9.17) is 4.74 Å². The van der Waals surface area contributed by atoms with Crippen LogP contribution in [0.1, 0.15) is 30.5 Å². The molecule has 0 aliphatic carbocycles. The number of hydrogen-bond donors (Lipinski definition) is 0. The van der Waals surface area contributed by atoms with Gasteiger partial charge in [0.05, 0.1) is 12.0 Å². The van der Waals surface area contributed by atoms with Crippen molar-refractivity contribution in [3.8, 4) is 5.75 Å².